The van der Waals surface area contributed by atoms with Gasteiger partial charge in [0.15, 0.2) is 0 Å². The maximum atomic E-state index is 6.22. The molecule has 2 nitrogen and oxygen atoms in total. The first-order valence-electron chi connectivity index (χ1n) is 7.57. The van der Waals surface area contributed by atoms with Crippen molar-refractivity contribution in [2.24, 2.45) is 11.8 Å². The summed E-state index contributed by atoms with van der Waals surface area (Å²) in [7, 11) is 1.74. The zero-order valence-corrected chi connectivity index (χ0v) is 13.8. The number of likely N-dealkylation sites (N-methyl/N-ethyl adjacent to an activating group) is 1. The molecule has 2 rings (SSSR count). The van der Waals surface area contributed by atoms with Gasteiger partial charge in [-0.25, -0.2) is 0 Å². The van der Waals surface area contributed by atoms with Gasteiger partial charge < -0.3 is 10.1 Å². The Bertz CT molecular complexity index is 452. The van der Waals surface area contributed by atoms with E-state index in [0.717, 1.165) is 35.7 Å². The van der Waals surface area contributed by atoms with Crippen LogP contribution in [0.3, 0.4) is 0 Å². The molecule has 20 heavy (non-hydrogen) atoms. The number of nitrogens with one attached hydrogen (secondary N) is 1. The molecular weight excluding hydrogens is 270 g/mol. The summed E-state index contributed by atoms with van der Waals surface area (Å²) >= 11 is 6.22. The lowest BCUT2D eigenvalue weighted by molar-refractivity contribution is 0.0958. The number of ether oxygens (including phenoxy) is 1. The molecule has 0 heterocycles. The third-order valence-corrected chi connectivity index (χ3v) is 4.93. The van der Waals surface area contributed by atoms with Gasteiger partial charge in [-0.2, -0.15) is 0 Å². The van der Waals surface area contributed by atoms with Crippen LogP contribution in [0.15, 0.2) is 18.2 Å². The second-order valence-electron chi connectivity index (χ2n) is 6.32. The van der Waals surface area contributed by atoms with Crippen LogP contribution in [0.2, 0.25) is 5.02 Å². The third kappa shape index (κ3) is 2.96. The molecule has 0 amide bonds. The number of rotatable bonds is 6. The summed E-state index contributed by atoms with van der Waals surface area (Å²) in [5, 5.41) is 4.32. The summed E-state index contributed by atoms with van der Waals surface area (Å²) < 4.78 is 5.57. The molecule has 0 aliphatic heterocycles. The van der Waals surface area contributed by atoms with Gasteiger partial charge in [0.2, 0.25) is 0 Å². The van der Waals surface area contributed by atoms with Crippen LogP contribution in [-0.4, -0.2) is 20.2 Å². The highest BCUT2D eigenvalue weighted by Gasteiger charge is 2.47. The molecule has 1 aliphatic rings. The summed E-state index contributed by atoms with van der Waals surface area (Å²) in [5.41, 5.74) is 1.45. The highest BCUT2D eigenvalue weighted by Crippen LogP contribution is 2.53. The summed E-state index contributed by atoms with van der Waals surface area (Å²) in [6.07, 6.45) is 2.43. The summed E-state index contributed by atoms with van der Waals surface area (Å²) in [6.45, 7) is 8.79. The van der Waals surface area contributed by atoms with Crippen LogP contribution < -0.4 is 10.1 Å². The van der Waals surface area contributed by atoms with Gasteiger partial charge in [-0.05, 0) is 49.4 Å². The number of hydrogen-bond donors (Lipinski definition) is 1. The lowest BCUT2D eigenvalue weighted by Crippen LogP contribution is -2.50. The average molecular weight is 296 g/mol. The Morgan fingerprint density at radius 3 is 2.65 bits per heavy atom. The van der Waals surface area contributed by atoms with Gasteiger partial charge in [-0.15, -0.1) is 0 Å². The summed E-state index contributed by atoms with van der Waals surface area (Å²) in [5.74, 6) is 2.52. The predicted molar refractivity (Wildman–Crippen MR) is 85.8 cm³/mol. The summed E-state index contributed by atoms with van der Waals surface area (Å²) in [6, 6.07) is 5.99. The molecule has 1 N–H and O–H groups in total. The zero-order valence-electron chi connectivity index (χ0n) is 13.0. The van der Waals surface area contributed by atoms with E-state index in [0.29, 0.717) is 0 Å². The SMILES string of the molecule is CCNCC1(c2cc(Cl)ccc2OC)CC(C(C)C)C1. The highest BCUT2D eigenvalue weighted by molar-refractivity contribution is 6.30. The minimum absolute atomic E-state index is 0.182. The quantitative estimate of drug-likeness (QED) is 0.846. The van der Waals surface area contributed by atoms with Crippen molar-refractivity contribution in [1.82, 2.24) is 5.32 Å². The molecule has 1 aromatic rings. The molecule has 0 radical (unpaired) electrons. The molecular formula is C17H26ClNO. The highest BCUT2D eigenvalue weighted by atomic mass is 35.5. The van der Waals surface area contributed by atoms with Crippen LogP contribution in [0.25, 0.3) is 0 Å². The fourth-order valence-corrected chi connectivity index (χ4v) is 3.51. The molecule has 0 saturated heterocycles. The maximum absolute atomic E-state index is 6.22. The van der Waals surface area contributed by atoms with Gasteiger partial charge in [-0.1, -0.05) is 32.4 Å². The van der Waals surface area contributed by atoms with Crippen molar-refractivity contribution in [3.8, 4) is 5.75 Å². The van der Waals surface area contributed by atoms with E-state index < -0.39 is 0 Å². The van der Waals surface area contributed by atoms with E-state index in [2.05, 4.69) is 32.2 Å². The van der Waals surface area contributed by atoms with Crippen molar-refractivity contribution in [2.45, 2.75) is 39.0 Å². The zero-order chi connectivity index (χ0) is 14.8. The van der Waals surface area contributed by atoms with E-state index >= 15 is 0 Å². The standard InChI is InChI=1S/C17H26ClNO/c1-5-19-11-17(9-13(10-17)12(2)3)15-8-14(18)6-7-16(15)20-4/h6-8,12-13,19H,5,9-11H2,1-4H3. The van der Waals surface area contributed by atoms with Crippen LogP contribution in [0, 0.1) is 11.8 Å². The lowest BCUT2D eigenvalue weighted by Gasteiger charge is -2.50. The van der Waals surface area contributed by atoms with Crippen molar-refractivity contribution < 1.29 is 4.74 Å². The van der Waals surface area contributed by atoms with E-state index in [1.54, 1.807) is 7.11 Å². The Morgan fingerprint density at radius 2 is 2.10 bits per heavy atom. The first-order chi connectivity index (χ1) is 9.52. The van der Waals surface area contributed by atoms with E-state index in [1.165, 1.54) is 18.4 Å². The number of benzene rings is 1. The molecule has 0 aromatic heterocycles. The fourth-order valence-electron chi connectivity index (χ4n) is 3.33. The Balaban J connectivity index is 2.30. The topological polar surface area (TPSA) is 21.3 Å². The number of methoxy groups -OCH3 is 1. The van der Waals surface area contributed by atoms with E-state index in [1.807, 2.05) is 12.1 Å². The maximum Gasteiger partial charge on any atom is 0.122 e. The van der Waals surface area contributed by atoms with Crippen LogP contribution in [0.4, 0.5) is 0 Å². The summed E-state index contributed by atoms with van der Waals surface area (Å²) in [4.78, 5) is 0. The van der Waals surface area contributed by atoms with Gasteiger partial charge >= 0.3 is 0 Å². The smallest absolute Gasteiger partial charge is 0.122 e. The van der Waals surface area contributed by atoms with Gasteiger partial charge in [0, 0.05) is 22.5 Å². The van der Waals surface area contributed by atoms with Crippen LogP contribution in [-0.2, 0) is 5.41 Å². The fraction of sp³-hybridized carbons (Fsp3) is 0.647. The van der Waals surface area contributed by atoms with Crippen molar-refractivity contribution in [3.63, 3.8) is 0 Å². The van der Waals surface area contributed by atoms with E-state index in [9.17, 15) is 0 Å². The van der Waals surface area contributed by atoms with E-state index in [4.69, 9.17) is 16.3 Å². The Labute approximate surface area is 127 Å². The van der Waals surface area contributed by atoms with Crippen LogP contribution >= 0.6 is 11.6 Å². The molecule has 0 bridgehead atoms. The average Bonchev–Trinajstić information content (AvgIpc) is 2.37. The van der Waals surface area contributed by atoms with Gasteiger partial charge in [0.1, 0.15) is 5.75 Å². The van der Waals surface area contributed by atoms with Crippen molar-refractivity contribution in [2.75, 3.05) is 20.2 Å². The number of hydrogen-bond acceptors (Lipinski definition) is 2. The van der Waals surface area contributed by atoms with Crippen LogP contribution in [0.1, 0.15) is 39.2 Å². The molecule has 0 atom stereocenters. The molecule has 1 aliphatic carbocycles. The second-order valence-corrected chi connectivity index (χ2v) is 6.75. The largest absolute Gasteiger partial charge is 0.496 e. The predicted octanol–water partition coefficient (Wildman–Crippen LogP) is 4.26. The Hall–Kier alpha value is -0.730. The van der Waals surface area contributed by atoms with Gasteiger partial charge in [0.05, 0.1) is 7.11 Å². The minimum Gasteiger partial charge on any atom is -0.496 e. The molecule has 1 fully saturated rings. The molecule has 0 spiro atoms. The lowest BCUT2D eigenvalue weighted by atomic mass is 9.55. The van der Waals surface area contributed by atoms with Gasteiger partial charge in [-0.3, -0.25) is 0 Å². The van der Waals surface area contributed by atoms with Crippen molar-refractivity contribution in [1.29, 1.82) is 0 Å². The van der Waals surface area contributed by atoms with Crippen LogP contribution in [0.5, 0.6) is 5.75 Å². The second kappa shape index (κ2) is 6.36. The normalized spacial score (nSPS) is 25.6. The molecule has 1 aromatic carbocycles. The van der Waals surface area contributed by atoms with Crippen molar-refractivity contribution >= 4 is 11.6 Å². The molecule has 112 valence electrons. The first kappa shape index (κ1) is 15.7. The monoisotopic (exact) mass is 295 g/mol. The minimum atomic E-state index is 0.182. The molecule has 1 saturated carbocycles. The Kier molecular flexibility index (Phi) is 4.98. The first-order valence-corrected chi connectivity index (χ1v) is 7.95. The third-order valence-electron chi connectivity index (χ3n) is 4.69. The van der Waals surface area contributed by atoms with Gasteiger partial charge in [0.25, 0.3) is 0 Å². The van der Waals surface area contributed by atoms with E-state index in [-0.39, 0.29) is 5.41 Å². The van der Waals surface area contributed by atoms with Crippen molar-refractivity contribution in [3.05, 3.63) is 28.8 Å². The number of halogens is 1. The Morgan fingerprint density at radius 1 is 1.40 bits per heavy atom. The molecule has 3 heteroatoms. The molecule has 0 unspecified atom stereocenters.